The molecule has 1 nitrogen and oxygen atoms in total. The Balaban J connectivity index is 0. The van der Waals surface area contributed by atoms with E-state index in [1.807, 2.05) is 0 Å². The van der Waals surface area contributed by atoms with Crippen molar-refractivity contribution in [2.75, 3.05) is 19.6 Å². The van der Waals surface area contributed by atoms with E-state index in [4.69, 9.17) is 0 Å². The molecule has 2 heteroatoms. The fourth-order valence-electron chi connectivity index (χ4n) is 1.43. The van der Waals surface area contributed by atoms with Gasteiger partial charge in [-0.25, -0.2) is 0 Å². The summed E-state index contributed by atoms with van der Waals surface area (Å²) in [7, 11) is 0. The third kappa shape index (κ3) is 10.6. The van der Waals surface area contributed by atoms with Crippen LogP contribution >= 0.6 is 0 Å². The van der Waals surface area contributed by atoms with Gasteiger partial charge < -0.3 is 11.8 Å². The second-order valence-corrected chi connectivity index (χ2v) is 3.76. The van der Waals surface area contributed by atoms with E-state index in [0.717, 1.165) is 6.42 Å². The molecule has 0 rings (SSSR count). The van der Waals surface area contributed by atoms with Crippen LogP contribution in [0.3, 0.4) is 0 Å². The Kier molecular flexibility index (Phi) is 16.4. The van der Waals surface area contributed by atoms with E-state index >= 15 is 0 Å². The maximum Gasteiger partial charge on any atom is 1.00 e. The molecular formula is C12H26LiN. The summed E-state index contributed by atoms with van der Waals surface area (Å²) in [6, 6.07) is 0. The quantitative estimate of drug-likeness (QED) is 0.379. The van der Waals surface area contributed by atoms with Gasteiger partial charge in [-0.2, -0.15) is 6.42 Å². The SMILES string of the molecule is [CH2-]CCCN(CCCC)CCCC.[Li+]. The van der Waals surface area contributed by atoms with E-state index in [-0.39, 0.29) is 18.9 Å². The second kappa shape index (κ2) is 13.6. The standard InChI is InChI=1S/C12H26N.Li/c1-4-7-10-13(11-8-5-2)12-9-6-3;/h1,4-12H2,2-3H3;/q-1;+1. The molecule has 0 saturated carbocycles. The molecule has 14 heavy (non-hydrogen) atoms. The zero-order chi connectivity index (χ0) is 9.94. The van der Waals surface area contributed by atoms with Crippen molar-refractivity contribution in [3.05, 3.63) is 6.92 Å². The topological polar surface area (TPSA) is 3.24 Å². The van der Waals surface area contributed by atoms with Crippen molar-refractivity contribution in [3.8, 4) is 0 Å². The summed E-state index contributed by atoms with van der Waals surface area (Å²) < 4.78 is 0. The van der Waals surface area contributed by atoms with Gasteiger partial charge in [0, 0.05) is 0 Å². The van der Waals surface area contributed by atoms with E-state index < -0.39 is 0 Å². The van der Waals surface area contributed by atoms with Crippen LogP contribution in [0, 0.1) is 6.92 Å². The van der Waals surface area contributed by atoms with Crippen molar-refractivity contribution in [1.82, 2.24) is 4.90 Å². The zero-order valence-corrected chi connectivity index (χ0v) is 10.5. The summed E-state index contributed by atoms with van der Waals surface area (Å²) in [6.07, 6.45) is 7.66. The Morgan fingerprint density at radius 2 is 1.29 bits per heavy atom. The van der Waals surface area contributed by atoms with E-state index in [0.29, 0.717) is 0 Å². The molecule has 0 amide bonds. The van der Waals surface area contributed by atoms with Gasteiger partial charge in [-0.3, -0.25) is 0 Å². The van der Waals surface area contributed by atoms with Crippen LogP contribution in [0.5, 0.6) is 0 Å². The molecular weight excluding hydrogens is 165 g/mol. The first-order valence-electron chi connectivity index (χ1n) is 5.86. The molecule has 0 aromatic heterocycles. The van der Waals surface area contributed by atoms with Crippen LogP contribution in [0.15, 0.2) is 0 Å². The molecule has 0 radical (unpaired) electrons. The van der Waals surface area contributed by atoms with Gasteiger partial charge in [0.25, 0.3) is 0 Å². The van der Waals surface area contributed by atoms with Gasteiger partial charge in [0.05, 0.1) is 0 Å². The molecule has 0 aromatic carbocycles. The molecule has 0 heterocycles. The van der Waals surface area contributed by atoms with Gasteiger partial charge in [0.1, 0.15) is 0 Å². The first kappa shape index (κ1) is 17.0. The van der Waals surface area contributed by atoms with Gasteiger partial charge >= 0.3 is 18.9 Å². The maximum absolute atomic E-state index is 3.89. The zero-order valence-electron chi connectivity index (χ0n) is 10.5. The Labute approximate surface area is 103 Å². The molecule has 0 aliphatic carbocycles. The van der Waals surface area contributed by atoms with E-state index in [9.17, 15) is 0 Å². The van der Waals surface area contributed by atoms with Crippen LogP contribution in [-0.4, -0.2) is 24.5 Å². The normalized spacial score (nSPS) is 10.3. The fourth-order valence-corrected chi connectivity index (χ4v) is 1.43. The Morgan fingerprint density at radius 1 is 0.857 bits per heavy atom. The van der Waals surface area contributed by atoms with Crippen LogP contribution < -0.4 is 18.9 Å². The van der Waals surface area contributed by atoms with E-state index in [1.165, 1.54) is 51.7 Å². The minimum absolute atomic E-state index is 0. The number of rotatable bonds is 9. The monoisotopic (exact) mass is 191 g/mol. The second-order valence-electron chi connectivity index (χ2n) is 3.76. The van der Waals surface area contributed by atoms with Crippen LogP contribution in [0.25, 0.3) is 0 Å². The van der Waals surface area contributed by atoms with Crippen molar-refractivity contribution >= 4 is 0 Å². The van der Waals surface area contributed by atoms with Gasteiger partial charge in [-0.1, -0.05) is 33.1 Å². The maximum atomic E-state index is 3.89. The fraction of sp³-hybridized carbons (Fsp3) is 0.917. The van der Waals surface area contributed by atoms with Crippen molar-refractivity contribution in [2.24, 2.45) is 0 Å². The van der Waals surface area contributed by atoms with Crippen LogP contribution in [-0.2, 0) is 0 Å². The van der Waals surface area contributed by atoms with Crippen molar-refractivity contribution in [2.45, 2.75) is 52.4 Å². The third-order valence-corrected chi connectivity index (χ3v) is 2.38. The molecule has 0 spiro atoms. The Hall–Kier alpha value is 0.557. The Morgan fingerprint density at radius 3 is 1.64 bits per heavy atom. The summed E-state index contributed by atoms with van der Waals surface area (Å²) in [5, 5.41) is 0. The third-order valence-electron chi connectivity index (χ3n) is 2.38. The van der Waals surface area contributed by atoms with Gasteiger partial charge in [0.2, 0.25) is 0 Å². The minimum Gasteiger partial charge on any atom is -0.343 e. The van der Waals surface area contributed by atoms with Crippen molar-refractivity contribution < 1.29 is 18.9 Å². The average Bonchev–Trinajstić information content (AvgIpc) is 2.17. The minimum atomic E-state index is 0. The summed E-state index contributed by atoms with van der Waals surface area (Å²) in [5.41, 5.74) is 0. The van der Waals surface area contributed by atoms with Gasteiger partial charge in [0.15, 0.2) is 0 Å². The molecule has 0 N–H and O–H groups in total. The molecule has 0 saturated heterocycles. The number of hydrogen-bond acceptors (Lipinski definition) is 1. The molecule has 80 valence electrons. The van der Waals surface area contributed by atoms with Crippen molar-refractivity contribution in [3.63, 3.8) is 0 Å². The van der Waals surface area contributed by atoms with Crippen LogP contribution in [0.4, 0.5) is 0 Å². The first-order chi connectivity index (χ1) is 6.35. The smallest absolute Gasteiger partial charge is 0.343 e. The van der Waals surface area contributed by atoms with Gasteiger partial charge in [-0.05, 0) is 32.5 Å². The van der Waals surface area contributed by atoms with Crippen LogP contribution in [0.1, 0.15) is 52.4 Å². The van der Waals surface area contributed by atoms with Crippen molar-refractivity contribution in [1.29, 1.82) is 0 Å². The molecule has 0 bridgehead atoms. The predicted molar refractivity (Wildman–Crippen MR) is 60.8 cm³/mol. The average molecular weight is 191 g/mol. The molecule has 0 fully saturated rings. The number of nitrogens with zero attached hydrogens (tertiary/aromatic N) is 1. The molecule has 0 aromatic rings. The Bertz CT molecular complexity index is 77.3. The van der Waals surface area contributed by atoms with Gasteiger partial charge in [-0.15, -0.1) is 0 Å². The van der Waals surface area contributed by atoms with E-state index in [2.05, 4.69) is 25.7 Å². The molecule has 0 unspecified atom stereocenters. The summed E-state index contributed by atoms with van der Waals surface area (Å²) in [4.78, 5) is 2.60. The van der Waals surface area contributed by atoms with E-state index in [1.54, 1.807) is 0 Å². The summed E-state index contributed by atoms with van der Waals surface area (Å²) >= 11 is 0. The largest absolute Gasteiger partial charge is 1.00 e. The molecule has 0 atom stereocenters. The summed E-state index contributed by atoms with van der Waals surface area (Å²) in [5.74, 6) is 0. The predicted octanol–water partition coefficient (Wildman–Crippen LogP) is 0.507. The van der Waals surface area contributed by atoms with Crippen LogP contribution in [0.2, 0.25) is 0 Å². The molecule has 0 aliphatic rings. The first-order valence-corrected chi connectivity index (χ1v) is 5.86. The summed E-state index contributed by atoms with van der Waals surface area (Å²) in [6.45, 7) is 12.2. The number of hydrogen-bond donors (Lipinski definition) is 0. The molecule has 0 aliphatic heterocycles. The number of unbranched alkanes of at least 4 members (excludes halogenated alkanes) is 3.